The first kappa shape index (κ1) is 14.0. The zero-order valence-electron chi connectivity index (χ0n) is 9.59. The molecule has 1 aromatic rings. The lowest BCUT2D eigenvalue weighted by molar-refractivity contribution is 0.318. The Kier molecular flexibility index (Phi) is 4.54. The van der Waals surface area contributed by atoms with Crippen molar-refractivity contribution in [2.45, 2.75) is 19.1 Å². The van der Waals surface area contributed by atoms with E-state index in [-0.39, 0.29) is 11.5 Å². The van der Waals surface area contributed by atoms with Crippen molar-refractivity contribution in [3.8, 4) is 0 Å². The first-order chi connectivity index (χ1) is 7.92. The number of hydrogen-bond donors (Lipinski definition) is 1. The maximum atomic E-state index is 11.7. The Labute approximate surface area is 106 Å². The molecule has 0 aliphatic rings. The molecule has 17 heavy (non-hydrogen) atoms. The molecule has 1 atom stereocenters. The van der Waals surface area contributed by atoms with E-state index in [1.54, 1.807) is 31.2 Å². The summed E-state index contributed by atoms with van der Waals surface area (Å²) in [7, 11) is -3.30. The monoisotopic (exact) mass is 275 g/mol. The molecule has 1 aromatic carbocycles. The SMILES string of the molecule is CCS(=O)(=O)C(C)C(=NO)c1cccc(Cl)c1. The van der Waals surface area contributed by atoms with Gasteiger partial charge in [0.15, 0.2) is 9.84 Å². The van der Waals surface area contributed by atoms with Crippen molar-refractivity contribution < 1.29 is 13.6 Å². The van der Waals surface area contributed by atoms with Crippen molar-refractivity contribution in [2.24, 2.45) is 5.16 Å². The first-order valence-electron chi connectivity index (χ1n) is 5.11. The zero-order valence-corrected chi connectivity index (χ0v) is 11.2. The lowest BCUT2D eigenvalue weighted by atomic mass is 10.1. The molecule has 1 unspecified atom stereocenters. The maximum absolute atomic E-state index is 11.7. The minimum absolute atomic E-state index is 0.00620. The van der Waals surface area contributed by atoms with Crippen molar-refractivity contribution >= 4 is 27.1 Å². The van der Waals surface area contributed by atoms with E-state index in [1.165, 1.54) is 6.92 Å². The number of rotatable bonds is 4. The standard InChI is InChI=1S/C11H14ClNO3S/c1-3-17(15,16)8(2)11(13-14)9-5-4-6-10(12)7-9/h4-8,14H,3H2,1-2H3. The summed E-state index contributed by atoms with van der Waals surface area (Å²) in [4.78, 5) is 0. The Morgan fingerprint density at radius 3 is 2.65 bits per heavy atom. The molecule has 4 nitrogen and oxygen atoms in total. The predicted molar refractivity (Wildman–Crippen MR) is 68.7 cm³/mol. The highest BCUT2D eigenvalue weighted by Crippen LogP contribution is 2.16. The van der Waals surface area contributed by atoms with Gasteiger partial charge in [-0.25, -0.2) is 8.42 Å². The second kappa shape index (κ2) is 5.51. The van der Waals surface area contributed by atoms with Crippen molar-refractivity contribution in [2.75, 3.05) is 5.75 Å². The van der Waals surface area contributed by atoms with E-state index in [0.717, 1.165) is 0 Å². The quantitative estimate of drug-likeness (QED) is 0.521. The van der Waals surface area contributed by atoms with Gasteiger partial charge in [0.1, 0.15) is 11.0 Å². The molecule has 0 saturated heterocycles. The molecule has 0 fully saturated rings. The highest BCUT2D eigenvalue weighted by Gasteiger charge is 2.26. The normalized spacial score (nSPS) is 14.6. The summed E-state index contributed by atoms with van der Waals surface area (Å²) in [6.45, 7) is 3.05. The fraction of sp³-hybridized carbons (Fsp3) is 0.364. The van der Waals surface area contributed by atoms with Crippen LogP contribution >= 0.6 is 11.6 Å². The van der Waals surface area contributed by atoms with Crippen molar-refractivity contribution in [1.82, 2.24) is 0 Å². The molecule has 1 N–H and O–H groups in total. The van der Waals surface area contributed by atoms with Gasteiger partial charge in [-0.1, -0.05) is 35.8 Å². The van der Waals surface area contributed by atoms with E-state index in [1.807, 2.05) is 0 Å². The van der Waals surface area contributed by atoms with Crippen LogP contribution in [0.4, 0.5) is 0 Å². The molecule has 1 rings (SSSR count). The Balaban J connectivity index is 3.19. The van der Waals surface area contributed by atoms with E-state index in [0.29, 0.717) is 10.6 Å². The van der Waals surface area contributed by atoms with Gasteiger partial charge >= 0.3 is 0 Å². The van der Waals surface area contributed by atoms with E-state index < -0.39 is 15.1 Å². The van der Waals surface area contributed by atoms with Crippen LogP contribution in [0.25, 0.3) is 0 Å². The van der Waals surface area contributed by atoms with Gasteiger partial charge in [0.25, 0.3) is 0 Å². The minimum atomic E-state index is -3.30. The molecule has 0 heterocycles. The number of nitrogens with zero attached hydrogens (tertiary/aromatic N) is 1. The summed E-state index contributed by atoms with van der Waals surface area (Å²) < 4.78 is 23.5. The summed E-state index contributed by atoms with van der Waals surface area (Å²) in [5.74, 6) is -0.00620. The molecule has 94 valence electrons. The second-order valence-corrected chi connectivity index (χ2v) is 6.64. The van der Waals surface area contributed by atoms with Gasteiger partial charge in [-0.15, -0.1) is 0 Å². The molecular weight excluding hydrogens is 262 g/mol. The van der Waals surface area contributed by atoms with Crippen LogP contribution in [0.2, 0.25) is 5.02 Å². The van der Waals surface area contributed by atoms with Crippen LogP contribution in [0.5, 0.6) is 0 Å². The highest BCUT2D eigenvalue weighted by atomic mass is 35.5. The summed E-state index contributed by atoms with van der Waals surface area (Å²) in [6, 6.07) is 6.56. The average Bonchev–Trinajstić information content (AvgIpc) is 2.30. The Hall–Kier alpha value is -1.07. The van der Waals surface area contributed by atoms with Crippen molar-refractivity contribution in [3.05, 3.63) is 34.9 Å². The molecule has 0 aliphatic heterocycles. The molecule has 6 heteroatoms. The van der Waals surface area contributed by atoms with Crippen LogP contribution in [-0.2, 0) is 9.84 Å². The van der Waals surface area contributed by atoms with Crippen LogP contribution < -0.4 is 0 Å². The molecule has 0 aromatic heterocycles. The summed E-state index contributed by atoms with van der Waals surface area (Å²) in [5, 5.41) is 11.7. The summed E-state index contributed by atoms with van der Waals surface area (Å²) in [6.07, 6.45) is 0. The summed E-state index contributed by atoms with van der Waals surface area (Å²) >= 11 is 5.81. The first-order valence-corrected chi connectivity index (χ1v) is 7.21. The second-order valence-electron chi connectivity index (χ2n) is 3.59. The van der Waals surface area contributed by atoms with E-state index in [4.69, 9.17) is 16.8 Å². The predicted octanol–water partition coefficient (Wildman–Crippen LogP) is 2.34. The van der Waals surface area contributed by atoms with Gasteiger partial charge in [-0.3, -0.25) is 0 Å². The van der Waals surface area contributed by atoms with Gasteiger partial charge in [0.05, 0.1) is 0 Å². The van der Waals surface area contributed by atoms with Gasteiger partial charge in [0.2, 0.25) is 0 Å². The molecule has 0 spiro atoms. The molecular formula is C11H14ClNO3S. The third-order valence-corrected chi connectivity index (χ3v) is 4.89. The topological polar surface area (TPSA) is 66.7 Å². The van der Waals surface area contributed by atoms with E-state index >= 15 is 0 Å². The van der Waals surface area contributed by atoms with Crippen LogP contribution in [0.3, 0.4) is 0 Å². The lowest BCUT2D eigenvalue weighted by Crippen LogP contribution is -2.29. The highest BCUT2D eigenvalue weighted by molar-refractivity contribution is 7.92. The number of benzene rings is 1. The van der Waals surface area contributed by atoms with E-state index in [2.05, 4.69) is 5.16 Å². The molecule has 0 aliphatic carbocycles. The van der Waals surface area contributed by atoms with Gasteiger partial charge in [-0.05, 0) is 19.1 Å². The number of halogens is 1. The van der Waals surface area contributed by atoms with Crippen molar-refractivity contribution in [3.63, 3.8) is 0 Å². The molecule has 0 saturated carbocycles. The minimum Gasteiger partial charge on any atom is -0.411 e. The molecule has 0 amide bonds. The van der Waals surface area contributed by atoms with Crippen LogP contribution in [0, 0.1) is 0 Å². The smallest absolute Gasteiger partial charge is 0.158 e. The maximum Gasteiger partial charge on any atom is 0.158 e. The molecule has 0 radical (unpaired) electrons. The van der Waals surface area contributed by atoms with Gasteiger partial charge in [0, 0.05) is 16.3 Å². The Morgan fingerprint density at radius 1 is 1.53 bits per heavy atom. The van der Waals surface area contributed by atoms with Crippen LogP contribution in [0.1, 0.15) is 19.4 Å². The Bertz CT molecular complexity index is 525. The number of hydrogen-bond acceptors (Lipinski definition) is 4. The summed E-state index contributed by atoms with van der Waals surface area (Å²) in [5.41, 5.74) is 0.610. The number of sulfone groups is 1. The van der Waals surface area contributed by atoms with E-state index in [9.17, 15) is 8.42 Å². The third-order valence-electron chi connectivity index (χ3n) is 2.55. The van der Waals surface area contributed by atoms with Crippen LogP contribution in [-0.4, -0.2) is 30.3 Å². The third kappa shape index (κ3) is 3.20. The van der Waals surface area contributed by atoms with Gasteiger partial charge < -0.3 is 5.21 Å². The lowest BCUT2D eigenvalue weighted by Gasteiger charge is -2.13. The number of oxime groups is 1. The fourth-order valence-electron chi connectivity index (χ4n) is 1.44. The Morgan fingerprint density at radius 2 is 2.18 bits per heavy atom. The molecule has 0 bridgehead atoms. The van der Waals surface area contributed by atoms with Gasteiger partial charge in [-0.2, -0.15) is 0 Å². The zero-order chi connectivity index (χ0) is 13.1. The average molecular weight is 276 g/mol. The fourth-order valence-corrected chi connectivity index (χ4v) is 2.66. The largest absolute Gasteiger partial charge is 0.411 e. The van der Waals surface area contributed by atoms with Crippen molar-refractivity contribution in [1.29, 1.82) is 0 Å². The van der Waals surface area contributed by atoms with Crippen LogP contribution in [0.15, 0.2) is 29.4 Å².